The lowest BCUT2D eigenvalue weighted by Crippen LogP contribution is -2.20. The number of hydrogen-bond acceptors (Lipinski definition) is 4. The minimum atomic E-state index is -0.362. The van der Waals surface area contributed by atoms with Crippen LogP contribution in [0, 0.1) is 16.0 Å². The molecule has 106 valence electrons. The van der Waals surface area contributed by atoms with Crippen LogP contribution >= 0.6 is 15.9 Å². The summed E-state index contributed by atoms with van der Waals surface area (Å²) in [6.07, 6.45) is 0. The van der Waals surface area contributed by atoms with Crippen LogP contribution in [0.4, 0.5) is 5.69 Å². The average Bonchev–Trinajstić information content (AvgIpc) is 2.33. The molecule has 1 aromatic carbocycles. The highest BCUT2D eigenvalue weighted by molar-refractivity contribution is 9.10. The molecule has 19 heavy (non-hydrogen) atoms. The Kier molecular flexibility index (Phi) is 6.97. The van der Waals surface area contributed by atoms with E-state index in [1.54, 1.807) is 12.1 Å². The Bertz CT molecular complexity index is 424. The van der Waals surface area contributed by atoms with Gasteiger partial charge in [-0.1, -0.05) is 29.8 Å². The van der Waals surface area contributed by atoms with Gasteiger partial charge in [-0.3, -0.25) is 10.1 Å². The average molecular weight is 331 g/mol. The molecule has 0 bridgehead atoms. The maximum atomic E-state index is 10.9. The van der Waals surface area contributed by atoms with E-state index in [0.717, 1.165) is 11.1 Å². The first kappa shape index (κ1) is 16.1. The number of ether oxygens (including phenoxy) is 1. The molecule has 0 heterocycles. The van der Waals surface area contributed by atoms with Crippen LogP contribution in [0.2, 0.25) is 0 Å². The molecule has 0 atom stereocenters. The monoisotopic (exact) mass is 330 g/mol. The molecule has 0 saturated heterocycles. The van der Waals surface area contributed by atoms with Gasteiger partial charge in [-0.05, 0) is 18.1 Å². The molecule has 0 amide bonds. The predicted octanol–water partition coefficient (Wildman–Crippen LogP) is 3.12. The van der Waals surface area contributed by atoms with E-state index in [-0.39, 0.29) is 10.6 Å². The second-order valence-corrected chi connectivity index (χ2v) is 5.59. The number of nitro groups is 1. The van der Waals surface area contributed by atoms with Crippen molar-refractivity contribution in [2.75, 3.05) is 19.8 Å². The van der Waals surface area contributed by atoms with Crippen LogP contribution in [0.15, 0.2) is 22.7 Å². The van der Waals surface area contributed by atoms with E-state index in [1.807, 2.05) is 0 Å². The van der Waals surface area contributed by atoms with Gasteiger partial charge in [0.25, 0.3) is 5.69 Å². The maximum absolute atomic E-state index is 10.9. The van der Waals surface area contributed by atoms with Gasteiger partial charge < -0.3 is 10.1 Å². The van der Waals surface area contributed by atoms with Crippen molar-refractivity contribution in [2.45, 2.75) is 20.4 Å². The summed E-state index contributed by atoms with van der Waals surface area (Å²) in [5.74, 6) is 0.520. The molecule has 0 fully saturated rings. The minimum Gasteiger partial charge on any atom is -0.380 e. The van der Waals surface area contributed by atoms with E-state index >= 15 is 0 Å². The highest BCUT2D eigenvalue weighted by Gasteiger charge is 2.12. The van der Waals surface area contributed by atoms with Gasteiger partial charge in [-0.15, -0.1) is 0 Å². The fraction of sp³-hybridized carbons (Fsp3) is 0.538. The Labute approximate surface area is 121 Å². The third kappa shape index (κ3) is 6.13. The predicted molar refractivity (Wildman–Crippen MR) is 78.2 cm³/mol. The number of nitrogens with one attached hydrogen (secondary N) is 1. The first-order chi connectivity index (χ1) is 9.00. The Morgan fingerprint density at radius 3 is 2.84 bits per heavy atom. The third-order valence-electron chi connectivity index (χ3n) is 2.43. The highest BCUT2D eigenvalue weighted by Crippen LogP contribution is 2.22. The van der Waals surface area contributed by atoms with Crippen molar-refractivity contribution >= 4 is 21.6 Å². The molecule has 0 aliphatic rings. The van der Waals surface area contributed by atoms with Crippen LogP contribution in [-0.4, -0.2) is 24.7 Å². The number of rotatable bonds is 8. The van der Waals surface area contributed by atoms with E-state index < -0.39 is 0 Å². The van der Waals surface area contributed by atoms with Crippen LogP contribution in [0.1, 0.15) is 19.4 Å². The maximum Gasteiger partial charge on any atom is 0.273 e. The zero-order valence-electron chi connectivity index (χ0n) is 11.2. The topological polar surface area (TPSA) is 64.4 Å². The summed E-state index contributed by atoms with van der Waals surface area (Å²) < 4.78 is 6.27. The molecular formula is C13H19BrN2O3. The van der Waals surface area contributed by atoms with Gasteiger partial charge in [-0.25, -0.2) is 0 Å². The standard InChI is InChI=1S/C13H19BrN2O3/c1-10(2)9-19-6-5-15-8-11-7-12(14)3-4-13(11)16(17)18/h3-4,7,10,15H,5-6,8-9H2,1-2H3. The summed E-state index contributed by atoms with van der Waals surface area (Å²) in [5, 5.41) is 14.0. The van der Waals surface area contributed by atoms with Crippen molar-refractivity contribution < 1.29 is 9.66 Å². The van der Waals surface area contributed by atoms with Gasteiger partial charge in [0.15, 0.2) is 0 Å². The minimum absolute atomic E-state index is 0.138. The van der Waals surface area contributed by atoms with Crippen molar-refractivity contribution in [3.63, 3.8) is 0 Å². The second kappa shape index (κ2) is 8.24. The zero-order chi connectivity index (χ0) is 14.3. The molecular weight excluding hydrogens is 312 g/mol. The summed E-state index contributed by atoms with van der Waals surface area (Å²) in [5.41, 5.74) is 0.807. The van der Waals surface area contributed by atoms with Gasteiger partial charge >= 0.3 is 0 Å². The van der Waals surface area contributed by atoms with Gasteiger partial charge in [-0.2, -0.15) is 0 Å². The Morgan fingerprint density at radius 2 is 2.21 bits per heavy atom. The first-order valence-corrected chi connectivity index (χ1v) is 7.01. The molecule has 0 saturated carbocycles. The fourth-order valence-corrected chi connectivity index (χ4v) is 1.97. The van der Waals surface area contributed by atoms with Crippen molar-refractivity contribution in [2.24, 2.45) is 5.92 Å². The SMILES string of the molecule is CC(C)COCCNCc1cc(Br)ccc1[N+](=O)[O-]. The molecule has 5 nitrogen and oxygen atoms in total. The Balaban J connectivity index is 2.40. The normalized spacial score (nSPS) is 10.9. The lowest BCUT2D eigenvalue weighted by Gasteiger charge is -2.08. The van der Waals surface area contributed by atoms with E-state index in [9.17, 15) is 10.1 Å². The van der Waals surface area contributed by atoms with E-state index in [1.165, 1.54) is 6.07 Å². The molecule has 0 radical (unpaired) electrons. The Morgan fingerprint density at radius 1 is 1.47 bits per heavy atom. The lowest BCUT2D eigenvalue weighted by molar-refractivity contribution is -0.385. The largest absolute Gasteiger partial charge is 0.380 e. The number of nitrogens with zero attached hydrogens (tertiary/aromatic N) is 1. The smallest absolute Gasteiger partial charge is 0.273 e. The number of nitro benzene ring substituents is 1. The molecule has 0 spiro atoms. The quantitative estimate of drug-likeness (QED) is 0.452. The van der Waals surface area contributed by atoms with Gasteiger partial charge in [0.1, 0.15) is 0 Å². The molecule has 1 aromatic rings. The van der Waals surface area contributed by atoms with Crippen molar-refractivity contribution in [3.05, 3.63) is 38.3 Å². The van der Waals surface area contributed by atoms with Gasteiger partial charge in [0.05, 0.1) is 11.5 Å². The molecule has 0 aliphatic heterocycles. The molecule has 6 heteroatoms. The zero-order valence-corrected chi connectivity index (χ0v) is 12.8. The van der Waals surface area contributed by atoms with E-state index in [4.69, 9.17) is 4.74 Å². The molecule has 1 rings (SSSR count). The number of hydrogen-bond donors (Lipinski definition) is 1. The molecule has 1 N–H and O–H groups in total. The first-order valence-electron chi connectivity index (χ1n) is 6.22. The summed E-state index contributed by atoms with van der Waals surface area (Å²) in [6.45, 7) is 6.67. The second-order valence-electron chi connectivity index (χ2n) is 4.68. The highest BCUT2D eigenvalue weighted by atomic mass is 79.9. The van der Waals surface area contributed by atoms with Crippen LogP contribution in [-0.2, 0) is 11.3 Å². The summed E-state index contributed by atoms with van der Waals surface area (Å²) in [6, 6.07) is 4.95. The van der Waals surface area contributed by atoms with Crippen LogP contribution in [0.3, 0.4) is 0 Å². The summed E-state index contributed by atoms with van der Waals surface area (Å²) in [7, 11) is 0. The lowest BCUT2D eigenvalue weighted by atomic mass is 10.2. The fourth-order valence-electron chi connectivity index (χ4n) is 1.56. The summed E-state index contributed by atoms with van der Waals surface area (Å²) in [4.78, 5) is 10.5. The molecule has 0 unspecified atom stereocenters. The number of benzene rings is 1. The van der Waals surface area contributed by atoms with Crippen LogP contribution < -0.4 is 5.32 Å². The van der Waals surface area contributed by atoms with Crippen LogP contribution in [0.5, 0.6) is 0 Å². The molecule has 0 aromatic heterocycles. The van der Waals surface area contributed by atoms with E-state index in [2.05, 4.69) is 35.1 Å². The van der Waals surface area contributed by atoms with Crippen molar-refractivity contribution in [3.8, 4) is 0 Å². The van der Waals surface area contributed by atoms with Gasteiger partial charge in [0.2, 0.25) is 0 Å². The van der Waals surface area contributed by atoms with E-state index in [0.29, 0.717) is 31.2 Å². The Hall–Kier alpha value is -0.980. The number of halogens is 1. The van der Waals surface area contributed by atoms with Crippen molar-refractivity contribution in [1.29, 1.82) is 0 Å². The van der Waals surface area contributed by atoms with Crippen LogP contribution in [0.25, 0.3) is 0 Å². The van der Waals surface area contributed by atoms with Gasteiger partial charge in [0, 0.05) is 35.8 Å². The summed E-state index contributed by atoms with van der Waals surface area (Å²) >= 11 is 3.32. The third-order valence-corrected chi connectivity index (χ3v) is 2.92. The van der Waals surface area contributed by atoms with Crippen molar-refractivity contribution in [1.82, 2.24) is 5.32 Å². The molecule has 0 aliphatic carbocycles.